The van der Waals surface area contributed by atoms with Crippen LogP contribution in [-0.2, 0) is 9.59 Å². The number of thiazole rings is 1. The van der Waals surface area contributed by atoms with Crippen LogP contribution in [0.4, 0.5) is 5.13 Å². The lowest BCUT2D eigenvalue weighted by Crippen LogP contribution is -2.28. The van der Waals surface area contributed by atoms with Crippen molar-refractivity contribution in [3.8, 4) is 5.75 Å². The van der Waals surface area contributed by atoms with Gasteiger partial charge in [-0.2, -0.15) is 0 Å². The Balaban J connectivity index is 1.68. The Morgan fingerprint density at radius 2 is 1.97 bits per heavy atom. The quantitative estimate of drug-likeness (QED) is 0.177. The number of nitrogens with zero attached hydrogens (tertiary/aromatic N) is 2. The first-order valence-electron chi connectivity index (χ1n) is 10.9. The molecule has 6 nitrogen and oxygen atoms in total. The van der Waals surface area contributed by atoms with E-state index in [0.29, 0.717) is 27.4 Å². The highest BCUT2D eigenvalue weighted by atomic mass is 35.5. The Bertz CT molecular complexity index is 1490. The largest absolute Gasteiger partial charge is 0.507 e. The summed E-state index contributed by atoms with van der Waals surface area (Å²) in [6, 6.07) is 13.6. The van der Waals surface area contributed by atoms with E-state index in [1.165, 1.54) is 40.2 Å². The van der Waals surface area contributed by atoms with Gasteiger partial charge >= 0.3 is 5.91 Å². The van der Waals surface area contributed by atoms with Gasteiger partial charge in [0.05, 0.1) is 27.9 Å². The Morgan fingerprint density at radius 3 is 2.66 bits per heavy atom. The molecule has 1 atom stereocenters. The number of benzene rings is 2. The first-order valence-corrected chi connectivity index (χ1v) is 13.0. The number of aromatic nitrogens is 1. The van der Waals surface area contributed by atoms with Crippen LogP contribution in [0.2, 0.25) is 5.02 Å². The number of amides is 1. The third kappa shape index (κ3) is 4.01. The maximum Gasteiger partial charge on any atom is 0.301 e. The predicted molar refractivity (Wildman–Crippen MR) is 141 cm³/mol. The molecule has 0 bridgehead atoms. The molecule has 9 heteroatoms. The summed E-state index contributed by atoms with van der Waals surface area (Å²) in [5.41, 5.74) is 2.26. The van der Waals surface area contributed by atoms with Crippen LogP contribution in [0.5, 0.6) is 5.75 Å². The molecule has 2 aromatic carbocycles. The molecule has 3 heterocycles. The Kier molecular flexibility index (Phi) is 6.13. The van der Waals surface area contributed by atoms with Crippen LogP contribution in [0.3, 0.4) is 0 Å². The lowest BCUT2D eigenvalue weighted by molar-refractivity contribution is -0.132. The minimum atomic E-state index is -0.804. The van der Waals surface area contributed by atoms with Crippen molar-refractivity contribution in [3.05, 3.63) is 80.5 Å². The average Bonchev–Trinajstić information content (AvgIpc) is 3.57. The van der Waals surface area contributed by atoms with Gasteiger partial charge in [-0.15, -0.1) is 11.3 Å². The summed E-state index contributed by atoms with van der Waals surface area (Å²) in [5, 5.41) is 13.9. The van der Waals surface area contributed by atoms with Gasteiger partial charge in [0, 0.05) is 10.4 Å². The third-order valence-electron chi connectivity index (χ3n) is 5.96. The van der Waals surface area contributed by atoms with Crippen LogP contribution in [0.25, 0.3) is 16.0 Å². The second-order valence-electron chi connectivity index (χ2n) is 8.41. The predicted octanol–water partition coefficient (Wildman–Crippen LogP) is 6.77. The second kappa shape index (κ2) is 9.11. The molecule has 1 fully saturated rings. The molecule has 0 aliphatic carbocycles. The van der Waals surface area contributed by atoms with Crippen LogP contribution >= 0.6 is 34.3 Å². The van der Waals surface area contributed by atoms with Crippen molar-refractivity contribution in [2.45, 2.75) is 25.8 Å². The molecular weight excluding hydrogens is 504 g/mol. The molecule has 0 saturated carbocycles. The van der Waals surface area contributed by atoms with Crippen molar-refractivity contribution in [1.82, 2.24) is 4.98 Å². The van der Waals surface area contributed by atoms with E-state index < -0.39 is 17.7 Å². The summed E-state index contributed by atoms with van der Waals surface area (Å²) < 4.78 is 6.19. The van der Waals surface area contributed by atoms with Crippen molar-refractivity contribution < 1.29 is 19.4 Å². The number of ketones is 1. The molecule has 5 rings (SSSR count). The number of ether oxygens (including phenoxy) is 1. The smallest absolute Gasteiger partial charge is 0.301 e. The maximum absolute atomic E-state index is 13.3. The number of Topliss-reactive ketones (excluding diaryl/α,β-unsaturated/α-hetero) is 1. The van der Waals surface area contributed by atoms with Crippen LogP contribution < -0.4 is 9.64 Å². The van der Waals surface area contributed by atoms with Gasteiger partial charge in [0.1, 0.15) is 17.6 Å². The minimum Gasteiger partial charge on any atom is -0.507 e. The Labute approximate surface area is 215 Å². The maximum atomic E-state index is 13.3. The standard InChI is InChI=1S/C26H21ClN2O4S2/c1-13(2)14-7-9-17-20(12-14)35-26(28-17)29-22(19-5-4-10-34-19)21(24(31)25(29)32)23(30)15-6-8-16(27)18(11-15)33-3/h4-13,22,30H,1-3H3/b23-21+. The zero-order valence-corrected chi connectivity index (χ0v) is 21.5. The van der Waals surface area contributed by atoms with Crippen LogP contribution in [-0.4, -0.2) is 28.9 Å². The summed E-state index contributed by atoms with van der Waals surface area (Å²) in [5.74, 6) is -1.08. The molecular formula is C26H21ClN2O4S2. The van der Waals surface area contributed by atoms with E-state index >= 15 is 0 Å². The fourth-order valence-electron chi connectivity index (χ4n) is 4.10. The van der Waals surface area contributed by atoms with Gasteiger partial charge in [-0.05, 0) is 53.3 Å². The molecule has 1 aliphatic rings. The topological polar surface area (TPSA) is 79.7 Å². The lowest BCUT2D eigenvalue weighted by atomic mass is 10.00. The first-order chi connectivity index (χ1) is 16.8. The van der Waals surface area contributed by atoms with E-state index in [-0.39, 0.29) is 11.3 Å². The molecule has 0 radical (unpaired) electrons. The highest BCUT2D eigenvalue weighted by Crippen LogP contribution is 2.46. The minimum absolute atomic E-state index is 0.00366. The molecule has 2 aromatic heterocycles. The zero-order chi connectivity index (χ0) is 24.9. The summed E-state index contributed by atoms with van der Waals surface area (Å²) in [7, 11) is 1.47. The van der Waals surface area contributed by atoms with Gasteiger partial charge in [-0.1, -0.05) is 48.9 Å². The molecule has 0 spiro atoms. The van der Waals surface area contributed by atoms with Gasteiger partial charge in [-0.25, -0.2) is 4.98 Å². The number of hydrogen-bond acceptors (Lipinski definition) is 7. The van der Waals surface area contributed by atoms with Crippen molar-refractivity contribution in [3.63, 3.8) is 0 Å². The van der Waals surface area contributed by atoms with Gasteiger partial charge in [-0.3, -0.25) is 14.5 Å². The first kappa shape index (κ1) is 23.5. The van der Waals surface area contributed by atoms with Crippen molar-refractivity contribution in [2.24, 2.45) is 0 Å². The van der Waals surface area contributed by atoms with Crippen molar-refractivity contribution in [2.75, 3.05) is 12.0 Å². The SMILES string of the molecule is COc1cc(/C(O)=C2\C(=O)C(=O)N(c3nc4ccc(C(C)C)cc4s3)C2c2cccs2)ccc1Cl. The highest BCUT2D eigenvalue weighted by Gasteiger charge is 2.48. The average molecular weight is 525 g/mol. The van der Waals surface area contributed by atoms with E-state index in [0.717, 1.165) is 15.1 Å². The van der Waals surface area contributed by atoms with E-state index in [1.54, 1.807) is 18.2 Å². The van der Waals surface area contributed by atoms with Gasteiger partial charge in [0.2, 0.25) is 0 Å². The molecule has 178 valence electrons. The number of thiophene rings is 1. The van der Waals surface area contributed by atoms with Crippen molar-refractivity contribution in [1.29, 1.82) is 0 Å². The molecule has 1 aliphatic heterocycles. The van der Waals surface area contributed by atoms with E-state index in [2.05, 4.69) is 24.9 Å². The molecule has 1 amide bonds. The van der Waals surface area contributed by atoms with Gasteiger partial charge in [0.25, 0.3) is 5.78 Å². The molecule has 4 aromatic rings. The molecule has 1 saturated heterocycles. The summed E-state index contributed by atoms with van der Waals surface area (Å²) >= 11 is 8.89. The Hall–Kier alpha value is -3.20. The lowest BCUT2D eigenvalue weighted by Gasteiger charge is -2.21. The van der Waals surface area contributed by atoms with Crippen LogP contribution in [0.15, 0.2) is 59.5 Å². The number of fused-ring (bicyclic) bond motifs is 1. The second-order valence-corrected chi connectivity index (χ2v) is 10.8. The number of anilines is 1. The summed E-state index contributed by atoms with van der Waals surface area (Å²) in [6.45, 7) is 4.23. The van der Waals surface area contributed by atoms with E-state index in [1.807, 2.05) is 29.6 Å². The highest BCUT2D eigenvalue weighted by molar-refractivity contribution is 7.22. The number of halogens is 1. The summed E-state index contributed by atoms with van der Waals surface area (Å²) in [6.07, 6.45) is 0. The number of carbonyl (C=O) groups is 2. The summed E-state index contributed by atoms with van der Waals surface area (Å²) in [4.78, 5) is 33.5. The Morgan fingerprint density at radius 1 is 1.17 bits per heavy atom. The van der Waals surface area contributed by atoms with E-state index in [4.69, 9.17) is 16.3 Å². The fraction of sp³-hybridized carbons (Fsp3) is 0.192. The normalized spacial score (nSPS) is 17.6. The van der Waals surface area contributed by atoms with Crippen LogP contribution in [0, 0.1) is 0 Å². The fourth-order valence-corrected chi connectivity index (χ4v) is 6.16. The van der Waals surface area contributed by atoms with Crippen molar-refractivity contribution >= 4 is 67.1 Å². The van der Waals surface area contributed by atoms with E-state index in [9.17, 15) is 14.7 Å². The monoisotopic (exact) mass is 524 g/mol. The van der Waals surface area contributed by atoms with Gasteiger partial charge < -0.3 is 9.84 Å². The molecule has 1 N–H and O–H groups in total. The van der Waals surface area contributed by atoms with Gasteiger partial charge in [0.15, 0.2) is 5.13 Å². The number of aliphatic hydroxyl groups excluding tert-OH is 1. The zero-order valence-electron chi connectivity index (χ0n) is 19.1. The number of aliphatic hydroxyl groups is 1. The number of rotatable bonds is 5. The molecule has 1 unspecified atom stereocenters. The third-order valence-corrected chi connectivity index (χ3v) is 8.21. The van der Waals surface area contributed by atoms with Crippen LogP contribution in [0.1, 0.15) is 41.8 Å². The molecule has 35 heavy (non-hydrogen) atoms. The number of hydrogen-bond donors (Lipinski definition) is 1. The number of methoxy groups -OCH3 is 1. The number of carbonyl (C=O) groups excluding carboxylic acids is 2.